The van der Waals surface area contributed by atoms with Crippen molar-refractivity contribution in [2.45, 2.75) is 12.8 Å². The van der Waals surface area contributed by atoms with Gasteiger partial charge in [-0.15, -0.1) is 0 Å². The quantitative estimate of drug-likeness (QED) is 0.434. The molecule has 0 radical (unpaired) electrons. The normalized spacial score (nSPS) is 12.7. The number of hydrogen-bond donors (Lipinski definition) is 3. The zero-order valence-electron chi connectivity index (χ0n) is 21.6. The van der Waals surface area contributed by atoms with Gasteiger partial charge in [-0.3, -0.25) is 4.79 Å². The Morgan fingerprint density at radius 2 is 1.84 bits per heavy atom. The summed E-state index contributed by atoms with van der Waals surface area (Å²) in [5, 5.41) is 8.19. The molecule has 0 spiro atoms. The third-order valence-corrected chi connectivity index (χ3v) is 6.70. The summed E-state index contributed by atoms with van der Waals surface area (Å²) in [5.74, 6) is -0.0702. The van der Waals surface area contributed by atoms with Gasteiger partial charge in [0.05, 0.1) is 30.2 Å². The van der Waals surface area contributed by atoms with Crippen LogP contribution in [-0.4, -0.2) is 68.1 Å². The average Bonchev–Trinajstić information content (AvgIpc) is 3.15. The van der Waals surface area contributed by atoms with E-state index in [-0.39, 0.29) is 34.1 Å². The second-order valence-corrected chi connectivity index (χ2v) is 9.03. The molecule has 3 amide bonds. The van der Waals surface area contributed by atoms with Crippen molar-refractivity contribution in [2.24, 2.45) is 0 Å². The summed E-state index contributed by atoms with van der Waals surface area (Å²) in [5.41, 5.74) is 2.96. The van der Waals surface area contributed by atoms with Gasteiger partial charge in [-0.2, -0.15) is 4.98 Å². The number of nitrogens with zero attached hydrogens (tertiary/aromatic N) is 4. The number of para-hydroxylation sites is 1. The Bertz CT molecular complexity index is 1370. The zero-order valence-corrected chi connectivity index (χ0v) is 22.3. The fraction of sp³-hybridized carbons (Fsp3) is 0.308. The molecule has 3 N–H and O–H groups in total. The van der Waals surface area contributed by atoms with Gasteiger partial charge < -0.3 is 30.5 Å². The van der Waals surface area contributed by atoms with Crippen LogP contribution in [0.2, 0.25) is 5.02 Å². The van der Waals surface area contributed by atoms with Crippen molar-refractivity contribution in [2.75, 3.05) is 51.6 Å². The standard InChI is InChI=1S/C26H29ClFN7O3/c1-29-24(36)17-6-5-7-19(28)22(17)32-23-18(27)14-31-25(33-23)34(3)20-12-15-8-10-35(26(37)30-2)11-9-16(15)13-21(20)38-4/h5-7,12-14H,8-11H2,1-4H3,(H,29,36)(H,30,37)(H,31,32,33). The maximum Gasteiger partial charge on any atom is 0.317 e. The van der Waals surface area contributed by atoms with Crippen molar-refractivity contribution < 1.29 is 18.7 Å². The van der Waals surface area contributed by atoms with E-state index >= 15 is 0 Å². The summed E-state index contributed by atoms with van der Waals surface area (Å²) < 4.78 is 20.4. The van der Waals surface area contributed by atoms with E-state index in [0.717, 1.165) is 11.1 Å². The van der Waals surface area contributed by atoms with Gasteiger partial charge in [-0.05, 0) is 48.2 Å². The molecule has 12 heteroatoms. The van der Waals surface area contributed by atoms with Crippen LogP contribution in [0.5, 0.6) is 5.75 Å². The predicted molar refractivity (Wildman–Crippen MR) is 145 cm³/mol. The molecule has 1 aliphatic heterocycles. The van der Waals surface area contributed by atoms with E-state index in [1.54, 1.807) is 31.0 Å². The summed E-state index contributed by atoms with van der Waals surface area (Å²) in [4.78, 5) is 36.8. The summed E-state index contributed by atoms with van der Waals surface area (Å²) in [7, 11) is 6.45. The Hall–Kier alpha value is -4.12. The summed E-state index contributed by atoms with van der Waals surface area (Å²) in [6.45, 7) is 1.19. The molecule has 1 aliphatic rings. The number of nitrogens with one attached hydrogen (secondary N) is 3. The van der Waals surface area contributed by atoms with Gasteiger partial charge in [-0.1, -0.05) is 17.7 Å². The Morgan fingerprint density at radius 3 is 2.50 bits per heavy atom. The summed E-state index contributed by atoms with van der Waals surface area (Å²) >= 11 is 6.35. The summed E-state index contributed by atoms with van der Waals surface area (Å²) in [6, 6.07) is 8.06. The zero-order chi connectivity index (χ0) is 27.4. The van der Waals surface area contributed by atoms with Gasteiger partial charge in [-0.25, -0.2) is 14.2 Å². The number of methoxy groups -OCH3 is 1. The molecule has 10 nitrogen and oxygen atoms in total. The topological polar surface area (TPSA) is 112 Å². The molecular weight excluding hydrogens is 513 g/mol. The van der Waals surface area contributed by atoms with Crippen LogP contribution < -0.4 is 25.6 Å². The highest BCUT2D eigenvalue weighted by atomic mass is 35.5. The number of ether oxygens (including phenoxy) is 1. The minimum Gasteiger partial charge on any atom is -0.495 e. The molecule has 3 aromatic rings. The van der Waals surface area contributed by atoms with Crippen LogP contribution in [0.15, 0.2) is 36.5 Å². The van der Waals surface area contributed by atoms with Crippen LogP contribution in [0.3, 0.4) is 0 Å². The van der Waals surface area contributed by atoms with Crippen molar-refractivity contribution in [3.8, 4) is 5.75 Å². The second kappa shape index (κ2) is 11.5. The molecule has 38 heavy (non-hydrogen) atoms. The van der Waals surface area contributed by atoms with Crippen LogP contribution >= 0.6 is 11.6 Å². The second-order valence-electron chi connectivity index (χ2n) is 8.63. The number of carbonyl (C=O) groups is 2. The highest BCUT2D eigenvalue weighted by Crippen LogP contribution is 2.36. The van der Waals surface area contributed by atoms with Crippen molar-refractivity contribution in [1.29, 1.82) is 0 Å². The van der Waals surface area contributed by atoms with Gasteiger partial charge in [0.15, 0.2) is 5.82 Å². The summed E-state index contributed by atoms with van der Waals surface area (Å²) in [6.07, 6.45) is 2.78. The van der Waals surface area contributed by atoms with E-state index in [2.05, 4.69) is 25.9 Å². The first-order valence-corrected chi connectivity index (χ1v) is 12.4. The average molecular weight is 542 g/mol. The number of amides is 3. The number of anilines is 4. The lowest BCUT2D eigenvalue weighted by atomic mass is 10.0. The molecule has 0 saturated carbocycles. The van der Waals surface area contributed by atoms with E-state index in [4.69, 9.17) is 16.3 Å². The Labute approximate surface area is 225 Å². The third kappa shape index (κ3) is 5.42. The molecule has 0 fully saturated rings. The largest absolute Gasteiger partial charge is 0.495 e. The SMILES string of the molecule is CNC(=O)c1cccc(F)c1Nc1nc(N(C)c2cc3c(cc2OC)CCN(C(=O)NC)CC3)ncc1Cl. The van der Waals surface area contributed by atoms with Crippen molar-refractivity contribution in [1.82, 2.24) is 25.5 Å². The minimum atomic E-state index is -0.631. The smallest absolute Gasteiger partial charge is 0.317 e. The minimum absolute atomic E-state index is 0.0515. The Balaban J connectivity index is 1.67. The highest BCUT2D eigenvalue weighted by molar-refractivity contribution is 6.33. The van der Waals surface area contributed by atoms with Crippen LogP contribution in [0.25, 0.3) is 0 Å². The molecule has 2 heterocycles. The van der Waals surface area contributed by atoms with Gasteiger partial charge in [0, 0.05) is 34.2 Å². The third-order valence-electron chi connectivity index (χ3n) is 6.43. The van der Waals surface area contributed by atoms with Crippen molar-refractivity contribution in [3.63, 3.8) is 0 Å². The van der Waals surface area contributed by atoms with E-state index in [0.29, 0.717) is 37.4 Å². The van der Waals surface area contributed by atoms with Crippen LogP contribution in [0, 0.1) is 5.82 Å². The van der Waals surface area contributed by atoms with Crippen LogP contribution in [0.4, 0.5) is 32.3 Å². The number of urea groups is 1. The lowest BCUT2D eigenvalue weighted by molar-refractivity contribution is 0.0963. The first kappa shape index (κ1) is 26.9. The number of fused-ring (bicyclic) bond motifs is 1. The molecule has 0 saturated heterocycles. The monoisotopic (exact) mass is 541 g/mol. The van der Waals surface area contributed by atoms with E-state index < -0.39 is 11.7 Å². The first-order chi connectivity index (χ1) is 18.3. The number of hydrogen-bond acceptors (Lipinski definition) is 7. The first-order valence-electron chi connectivity index (χ1n) is 12.0. The molecule has 0 atom stereocenters. The number of benzene rings is 2. The molecule has 1 aromatic heterocycles. The Kier molecular flexibility index (Phi) is 8.16. The number of halogens is 2. The maximum atomic E-state index is 14.7. The van der Waals surface area contributed by atoms with E-state index in [1.165, 1.54) is 31.4 Å². The molecule has 2 aromatic carbocycles. The molecular formula is C26H29ClFN7O3. The van der Waals surface area contributed by atoms with Crippen molar-refractivity contribution in [3.05, 3.63) is 64.1 Å². The predicted octanol–water partition coefficient (Wildman–Crippen LogP) is 3.89. The number of rotatable bonds is 6. The lowest BCUT2D eigenvalue weighted by Gasteiger charge is -2.23. The molecule has 200 valence electrons. The molecule has 0 bridgehead atoms. The number of carbonyl (C=O) groups excluding carboxylic acids is 2. The van der Waals surface area contributed by atoms with E-state index in [9.17, 15) is 14.0 Å². The highest BCUT2D eigenvalue weighted by Gasteiger charge is 2.23. The van der Waals surface area contributed by atoms with Crippen molar-refractivity contribution >= 4 is 46.7 Å². The fourth-order valence-corrected chi connectivity index (χ4v) is 4.48. The maximum absolute atomic E-state index is 14.7. The fourth-order valence-electron chi connectivity index (χ4n) is 4.34. The van der Waals surface area contributed by atoms with Gasteiger partial charge in [0.2, 0.25) is 5.95 Å². The lowest BCUT2D eigenvalue weighted by Crippen LogP contribution is -2.39. The van der Waals surface area contributed by atoms with Gasteiger partial charge in [0.1, 0.15) is 16.6 Å². The van der Waals surface area contributed by atoms with E-state index in [1.807, 2.05) is 12.1 Å². The van der Waals surface area contributed by atoms with Gasteiger partial charge in [0.25, 0.3) is 5.91 Å². The van der Waals surface area contributed by atoms with Crippen LogP contribution in [-0.2, 0) is 12.8 Å². The molecule has 4 rings (SSSR count). The number of aromatic nitrogens is 2. The van der Waals surface area contributed by atoms with Crippen LogP contribution in [0.1, 0.15) is 21.5 Å². The molecule has 0 aliphatic carbocycles. The Morgan fingerprint density at radius 1 is 1.13 bits per heavy atom. The van der Waals surface area contributed by atoms with Gasteiger partial charge >= 0.3 is 6.03 Å². The molecule has 0 unspecified atom stereocenters.